The van der Waals surface area contributed by atoms with Gasteiger partial charge in [-0.2, -0.15) is 0 Å². The molecular weight excluding hydrogens is 1760 g/mol. The fraction of sp³-hybridized carbons (Fsp3) is 0. The topological polar surface area (TPSA) is 998 Å². The van der Waals surface area contributed by atoms with Crippen molar-refractivity contribution in [3.63, 3.8) is 0 Å². The molecule has 0 bridgehead atoms. The quantitative estimate of drug-likeness (QED) is 0.208. The van der Waals surface area contributed by atoms with Crippen molar-refractivity contribution in [3.8, 4) is 0 Å². The Morgan fingerprint density at radius 1 is 0.0333 bits per heavy atom. The fourth-order valence-electron chi connectivity index (χ4n) is 0. The van der Waals surface area contributed by atoms with Crippen molar-refractivity contribution in [1.82, 2.24) is 0 Å². The molecule has 0 unspecified atom stereocenters. The molecule has 0 spiro atoms. The van der Waals surface area contributed by atoms with E-state index in [2.05, 4.69) is 0 Å². The Labute approximate surface area is 718 Å². The molecule has 0 atom stereocenters. The molecule has 0 aromatic carbocycles. The van der Waals surface area contributed by atoms with Gasteiger partial charge in [0.25, 0.3) is 0 Å². The van der Waals surface area contributed by atoms with Gasteiger partial charge in [0.2, 0.25) is 0 Å². The molecule has 280 valence electrons. The van der Waals surface area contributed by atoms with Crippen molar-refractivity contribution in [2.75, 3.05) is 0 Å². The maximum absolute atomic E-state index is 0. The van der Waals surface area contributed by atoms with E-state index in [0.717, 1.165) is 0 Å². The standard InChI is InChI=1S/35O.25Ti/q35*-2;25*+4. The summed E-state index contributed by atoms with van der Waals surface area (Å²) in [5.74, 6) is 0. The average molecular weight is 1760 g/mol. The Morgan fingerprint density at radius 2 is 0.0333 bits per heavy atom. The molecule has 0 saturated heterocycles. The number of hydrogen-bond acceptors (Lipinski definition) is 0. The maximum atomic E-state index is 0. The van der Waals surface area contributed by atoms with E-state index in [1.165, 1.54) is 0 Å². The summed E-state index contributed by atoms with van der Waals surface area (Å²) in [6, 6.07) is 0. The second kappa shape index (κ2) is 1540. The van der Waals surface area contributed by atoms with E-state index in [9.17, 15) is 0 Å². The van der Waals surface area contributed by atoms with Crippen molar-refractivity contribution in [3.05, 3.63) is 0 Å². The van der Waals surface area contributed by atoms with E-state index in [1.807, 2.05) is 0 Å². The van der Waals surface area contributed by atoms with Crippen LogP contribution in [0.5, 0.6) is 0 Å². The first-order valence-corrected chi connectivity index (χ1v) is 0. The molecule has 0 aliphatic heterocycles. The van der Waals surface area contributed by atoms with Crippen molar-refractivity contribution < 1.29 is 735 Å². The SMILES string of the molecule is [O-2].[O-2].[O-2].[O-2].[O-2].[O-2].[O-2].[O-2].[O-2].[O-2].[O-2].[O-2].[O-2].[O-2].[O-2].[O-2].[O-2].[O-2].[O-2].[O-2].[O-2].[O-2].[O-2].[O-2].[O-2].[O-2].[O-2].[O-2].[O-2].[O-2].[O-2].[O-2].[O-2].[O-2].[O-2].[Ti+4].[Ti+4].[Ti+4].[Ti+4].[Ti+4].[Ti+4].[Ti+4].[Ti+4].[Ti+4].[Ti+4].[Ti+4].[Ti+4].[Ti+4].[Ti+4].[Ti+4].[Ti+4].[Ti+4].[Ti+4].[Ti+4].[Ti+4].[Ti+4].[Ti+4].[Ti+4].[Ti+4].[Ti+4]. The van der Waals surface area contributed by atoms with Crippen molar-refractivity contribution in [2.24, 2.45) is 0 Å². The minimum atomic E-state index is 0. The van der Waals surface area contributed by atoms with Gasteiger partial charge in [-0.1, -0.05) is 0 Å². The normalized spacial score (nSPS) is 0. The molecule has 60 heteroatoms. The minimum absolute atomic E-state index is 0. The fourth-order valence-corrected chi connectivity index (χ4v) is 0. The van der Waals surface area contributed by atoms with Crippen molar-refractivity contribution in [1.29, 1.82) is 0 Å². The van der Waals surface area contributed by atoms with E-state index in [0.29, 0.717) is 0 Å². The Bertz CT molecular complexity index is 58.8. The van der Waals surface area contributed by atoms with Gasteiger partial charge in [-0.25, -0.2) is 0 Å². The molecule has 0 heterocycles. The Morgan fingerprint density at radius 3 is 0.0333 bits per heavy atom. The van der Waals surface area contributed by atoms with Crippen LogP contribution in [0.2, 0.25) is 0 Å². The molecule has 60 heavy (non-hydrogen) atoms. The van der Waals surface area contributed by atoms with Crippen molar-refractivity contribution >= 4 is 0 Å². The second-order valence-electron chi connectivity index (χ2n) is 0. The zero-order valence-electron chi connectivity index (χ0n) is 26.8. The van der Waals surface area contributed by atoms with Gasteiger partial charge in [-0.15, -0.1) is 0 Å². The van der Waals surface area contributed by atoms with Gasteiger partial charge in [0.1, 0.15) is 0 Å². The third-order valence-corrected chi connectivity index (χ3v) is 0. The minimum Gasteiger partial charge on any atom is -2.00 e. The maximum Gasteiger partial charge on any atom is 4.00 e. The molecule has 0 aliphatic carbocycles. The predicted octanol–water partition coefficient (Wildman–Crippen LogP) is -4.22. The van der Waals surface area contributed by atoms with E-state index in [1.54, 1.807) is 0 Å². The summed E-state index contributed by atoms with van der Waals surface area (Å²) >= 11 is 0. The molecule has 35 nitrogen and oxygen atoms in total. The summed E-state index contributed by atoms with van der Waals surface area (Å²) in [7, 11) is 0. The summed E-state index contributed by atoms with van der Waals surface area (Å²) in [6.45, 7) is 0. The van der Waals surface area contributed by atoms with Gasteiger partial charge < -0.3 is 192 Å². The molecule has 0 aliphatic rings. The zero-order chi connectivity index (χ0) is 0. The molecule has 0 radical (unpaired) electrons. The Kier molecular flexibility index (Phi) is 41400. The molecule has 0 saturated carbocycles. The molecule has 0 N–H and O–H groups in total. The first kappa shape index (κ1) is 1610. The van der Waals surface area contributed by atoms with E-state index >= 15 is 0 Å². The third kappa shape index (κ3) is 1480. The summed E-state index contributed by atoms with van der Waals surface area (Å²) in [6.07, 6.45) is 0. The molecule has 0 fully saturated rings. The Balaban J connectivity index is 0. The number of rotatable bonds is 0. The third-order valence-electron chi connectivity index (χ3n) is 0. The molecule has 0 rings (SSSR count). The van der Waals surface area contributed by atoms with Gasteiger partial charge in [0.05, 0.1) is 0 Å². The second-order valence-corrected chi connectivity index (χ2v) is 0. The van der Waals surface area contributed by atoms with Crippen LogP contribution >= 0.6 is 0 Å². The van der Waals surface area contributed by atoms with E-state index in [4.69, 9.17) is 0 Å². The van der Waals surface area contributed by atoms with Crippen molar-refractivity contribution in [2.45, 2.75) is 0 Å². The molecule has 0 aromatic heterocycles. The Hall–Kier alpha value is 16.5. The zero-order valence-corrected chi connectivity index (χ0v) is 65.8. The first-order chi connectivity index (χ1) is 0. The van der Waals surface area contributed by atoms with Gasteiger partial charge in [-0.05, 0) is 0 Å². The summed E-state index contributed by atoms with van der Waals surface area (Å²) in [5.41, 5.74) is 0. The van der Waals surface area contributed by atoms with Crippen LogP contribution < -0.4 is 0 Å². The van der Waals surface area contributed by atoms with Gasteiger partial charge in [0, 0.05) is 0 Å². The largest absolute Gasteiger partial charge is 4.00 e. The van der Waals surface area contributed by atoms with Crippen LogP contribution in [-0.2, 0) is 735 Å². The average Bonchev–Trinajstić information content (AvgIpc) is 0. The molecular formula is O35Ti25+30. The summed E-state index contributed by atoms with van der Waals surface area (Å²) < 4.78 is 0. The van der Waals surface area contributed by atoms with Crippen LogP contribution in [0.15, 0.2) is 0 Å². The van der Waals surface area contributed by atoms with E-state index < -0.39 is 0 Å². The van der Waals surface area contributed by atoms with Crippen LogP contribution in [0.3, 0.4) is 0 Å². The van der Waals surface area contributed by atoms with Crippen LogP contribution in [0.1, 0.15) is 0 Å². The first-order valence-electron chi connectivity index (χ1n) is 0. The summed E-state index contributed by atoms with van der Waals surface area (Å²) in [5, 5.41) is 0. The van der Waals surface area contributed by atoms with Crippen LogP contribution in [-0.4, -0.2) is 0 Å². The van der Waals surface area contributed by atoms with E-state index in [-0.39, 0.29) is 735 Å². The van der Waals surface area contributed by atoms with Gasteiger partial charge in [0.15, 0.2) is 0 Å². The molecule has 0 amide bonds. The van der Waals surface area contributed by atoms with Crippen LogP contribution in [0.25, 0.3) is 0 Å². The summed E-state index contributed by atoms with van der Waals surface area (Å²) in [4.78, 5) is 0. The van der Waals surface area contributed by atoms with Crippen LogP contribution in [0, 0.1) is 0 Å². The van der Waals surface area contributed by atoms with Crippen LogP contribution in [0.4, 0.5) is 0 Å². The van der Waals surface area contributed by atoms with Gasteiger partial charge in [-0.3, -0.25) is 0 Å². The smallest absolute Gasteiger partial charge is 2.00 e. The molecule has 0 aromatic rings. The predicted molar refractivity (Wildman–Crippen MR) is 24.0 cm³/mol. The number of hydrogen-bond donors (Lipinski definition) is 0. The van der Waals surface area contributed by atoms with Gasteiger partial charge >= 0.3 is 543 Å². The monoisotopic (exact) mass is 1760 g/mol.